The van der Waals surface area contributed by atoms with E-state index in [-0.39, 0.29) is 11.5 Å². The van der Waals surface area contributed by atoms with Crippen LogP contribution in [0.15, 0.2) is 24.4 Å². The summed E-state index contributed by atoms with van der Waals surface area (Å²) in [6.45, 7) is 9.83. The maximum Gasteiger partial charge on any atom is 0.156 e. The maximum atomic E-state index is 5.88. The van der Waals surface area contributed by atoms with E-state index >= 15 is 0 Å². The summed E-state index contributed by atoms with van der Waals surface area (Å²) in [7, 11) is 0. The molecule has 1 fully saturated rings. The third kappa shape index (κ3) is 4.14. The summed E-state index contributed by atoms with van der Waals surface area (Å²) in [6, 6.07) is 6.06. The molecule has 3 heterocycles. The van der Waals surface area contributed by atoms with Crippen LogP contribution < -0.4 is 0 Å². The fourth-order valence-corrected chi connectivity index (χ4v) is 2.64. The molecule has 1 N–H and O–H groups in total. The summed E-state index contributed by atoms with van der Waals surface area (Å²) in [6.07, 6.45) is 2.77. The number of ether oxygens (including phenoxy) is 1. The van der Waals surface area contributed by atoms with E-state index in [1.54, 1.807) is 0 Å². The highest BCUT2D eigenvalue weighted by Gasteiger charge is 2.27. The van der Waals surface area contributed by atoms with Crippen LogP contribution >= 0.6 is 0 Å². The molecule has 0 saturated carbocycles. The SMILES string of the molecule is CC(C)(C)c1n[nH]c([C@@H]2CN(CCc3ccccn3)CCO2)n1. The molecule has 23 heavy (non-hydrogen) atoms. The first kappa shape index (κ1) is 16.1. The second-order valence-electron chi connectivity index (χ2n) is 7.03. The molecule has 1 aliphatic rings. The van der Waals surface area contributed by atoms with E-state index in [1.165, 1.54) is 0 Å². The van der Waals surface area contributed by atoms with Crippen molar-refractivity contribution in [1.82, 2.24) is 25.1 Å². The van der Waals surface area contributed by atoms with E-state index in [9.17, 15) is 0 Å². The highest BCUT2D eigenvalue weighted by atomic mass is 16.5. The number of hydrogen-bond acceptors (Lipinski definition) is 5. The number of pyridine rings is 1. The first-order chi connectivity index (χ1) is 11.0. The monoisotopic (exact) mass is 315 g/mol. The number of aromatic nitrogens is 4. The summed E-state index contributed by atoms with van der Waals surface area (Å²) in [4.78, 5) is 11.4. The molecular weight excluding hydrogens is 290 g/mol. The lowest BCUT2D eigenvalue weighted by atomic mass is 9.96. The van der Waals surface area contributed by atoms with Crippen LogP contribution in [0, 0.1) is 0 Å². The van der Waals surface area contributed by atoms with E-state index in [0.29, 0.717) is 0 Å². The second-order valence-corrected chi connectivity index (χ2v) is 7.03. The van der Waals surface area contributed by atoms with Gasteiger partial charge in [-0.25, -0.2) is 4.98 Å². The van der Waals surface area contributed by atoms with Gasteiger partial charge < -0.3 is 4.74 Å². The minimum absolute atomic E-state index is 0.0314. The van der Waals surface area contributed by atoms with Crippen molar-refractivity contribution in [2.45, 2.75) is 38.7 Å². The molecule has 0 aliphatic carbocycles. The lowest BCUT2D eigenvalue weighted by Gasteiger charge is -2.31. The quantitative estimate of drug-likeness (QED) is 0.936. The molecule has 1 saturated heterocycles. The van der Waals surface area contributed by atoms with Crippen LogP contribution in [-0.2, 0) is 16.6 Å². The number of nitrogens with zero attached hydrogens (tertiary/aromatic N) is 4. The fraction of sp³-hybridized carbons (Fsp3) is 0.588. The Bertz CT molecular complexity index is 619. The molecule has 0 unspecified atom stereocenters. The van der Waals surface area contributed by atoms with Crippen molar-refractivity contribution in [1.29, 1.82) is 0 Å². The summed E-state index contributed by atoms with van der Waals surface area (Å²) < 4.78 is 5.88. The third-order valence-electron chi connectivity index (χ3n) is 4.04. The molecule has 3 rings (SSSR count). The van der Waals surface area contributed by atoms with Gasteiger partial charge >= 0.3 is 0 Å². The molecule has 0 spiro atoms. The van der Waals surface area contributed by atoms with Gasteiger partial charge in [0.1, 0.15) is 6.10 Å². The van der Waals surface area contributed by atoms with Crippen LogP contribution in [0.3, 0.4) is 0 Å². The smallest absolute Gasteiger partial charge is 0.156 e. The fourth-order valence-electron chi connectivity index (χ4n) is 2.64. The van der Waals surface area contributed by atoms with Gasteiger partial charge in [0.25, 0.3) is 0 Å². The minimum atomic E-state index is -0.0535. The van der Waals surface area contributed by atoms with Gasteiger partial charge in [0, 0.05) is 43.4 Å². The van der Waals surface area contributed by atoms with Crippen LogP contribution in [0.5, 0.6) is 0 Å². The lowest BCUT2D eigenvalue weighted by molar-refractivity contribution is -0.0338. The Hall–Kier alpha value is -1.79. The summed E-state index contributed by atoms with van der Waals surface area (Å²) in [5.74, 6) is 1.67. The largest absolute Gasteiger partial charge is 0.368 e. The molecule has 1 aliphatic heterocycles. The zero-order valence-electron chi connectivity index (χ0n) is 14.1. The van der Waals surface area contributed by atoms with E-state index in [4.69, 9.17) is 4.74 Å². The van der Waals surface area contributed by atoms with Gasteiger partial charge in [0.05, 0.1) is 6.61 Å². The summed E-state index contributed by atoms with van der Waals surface area (Å²) in [5, 5.41) is 7.39. The molecule has 6 nitrogen and oxygen atoms in total. The van der Waals surface area contributed by atoms with Crippen LogP contribution in [0.2, 0.25) is 0 Å². The zero-order valence-corrected chi connectivity index (χ0v) is 14.1. The highest BCUT2D eigenvalue weighted by Crippen LogP contribution is 2.23. The molecule has 124 valence electrons. The van der Waals surface area contributed by atoms with Gasteiger partial charge in [-0.1, -0.05) is 26.8 Å². The molecule has 0 aromatic carbocycles. The molecule has 6 heteroatoms. The Morgan fingerprint density at radius 3 is 2.91 bits per heavy atom. The number of rotatable bonds is 4. The van der Waals surface area contributed by atoms with E-state index in [0.717, 1.165) is 50.0 Å². The second kappa shape index (κ2) is 6.76. The molecule has 2 aromatic rings. The average Bonchev–Trinajstić information content (AvgIpc) is 3.05. The normalized spacial score (nSPS) is 19.9. The standard InChI is InChI=1S/C17H25N5O/c1-17(2,3)16-19-15(20-21-16)14-12-22(10-11-23-14)9-7-13-6-4-5-8-18-13/h4-6,8,14H,7,9-12H2,1-3H3,(H,19,20,21)/t14-/m0/s1. The maximum absolute atomic E-state index is 5.88. The number of H-pyrrole nitrogens is 1. The number of morpholine rings is 1. The van der Waals surface area contributed by atoms with Gasteiger partial charge in [-0.05, 0) is 12.1 Å². The number of hydrogen-bond donors (Lipinski definition) is 1. The Labute approximate surface area is 137 Å². The Balaban J connectivity index is 1.59. The minimum Gasteiger partial charge on any atom is -0.368 e. The molecule has 0 amide bonds. The Kier molecular flexibility index (Phi) is 4.73. The first-order valence-electron chi connectivity index (χ1n) is 8.19. The molecule has 2 aromatic heterocycles. The Morgan fingerprint density at radius 2 is 2.22 bits per heavy atom. The topological polar surface area (TPSA) is 66.9 Å². The van der Waals surface area contributed by atoms with Gasteiger partial charge in [-0.3, -0.25) is 15.0 Å². The van der Waals surface area contributed by atoms with Crippen molar-refractivity contribution in [2.24, 2.45) is 0 Å². The predicted octanol–water partition coefficient (Wildman–Crippen LogP) is 2.11. The Morgan fingerprint density at radius 1 is 1.35 bits per heavy atom. The number of aromatic amines is 1. The zero-order chi connectivity index (χ0) is 16.3. The van der Waals surface area contributed by atoms with E-state index in [1.807, 2.05) is 18.3 Å². The van der Waals surface area contributed by atoms with Gasteiger partial charge in [0.2, 0.25) is 0 Å². The lowest BCUT2D eigenvalue weighted by Crippen LogP contribution is -2.39. The van der Waals surface area contributed by atoms with Crippen molar-refractivity contribution < 1.29 is 4.74 Å². The number of nitrogens with one attached hydrogen (secondary N) is 1. The van der Waals surface area contributed by atoms with Crippen LogP contribution in [0.1, 0.15) is 44.2 Å². The van der Waals surface area contributed by atoms with Crippen molar-refractivity contribution in [3.63, 3.8) is 0 Å². The predicted molar refractivity (Wildman–Crippen MR) is 88.2 cm³/mol. The van der Waals surface area contributed by atoms with Crippen molar-refractivity contribution in [3.8, 4) is 0 Å². The van der Waals surface area contributed by atoms with E-state index < -0.39 is 0 Å². The molecular formula is C17H25N5O. The highest BCUT2D eigenvalue weighted by molar-refractivity contribution is 5.06. The first-order valence-corrected chi connectivity index (χ1v) is 8.19. The van der Waals surface area contributed by atoms with Gasteiger partial charge in [-0.15, -0.1) is 0 Å². The van der Waals surface area contributed by atoms with Crippen LogP contribution in [0.4, 0.5) is 0 Å². The summed E-state index contributed by atoms with van der Waals surface area (Å²) in [5.41, 5.74) is 1.08. The van der Waals surface area contributed by atoms with Crippen molar-refractivity contribution in [2.75, 3.05) is 26.2 Å². The molecule has 0 radical (unpaired) electrons. The molecule has 1 atom stereocenters. The summed E-state index contributed by atoms with van der Waals surface area (Å²) >= 11 is 0. The van der Waals surface area contributed by atoms with Gasteiger partial charge in [0.15, 0.2) is 11.6 Å². The van der Waals surface area contributed by atoms with Crippen LogP contribution in [-0.4, -0.2) is 51.3 Å². The third-order valence-corrected chi connectivity index (χ3v) is 4.04. The molecule has 0 bridgehead atoms. The van der Waals surface area contributed by atoms with Crippen molar-refractivity contribution >= 4 is 0 Å². The van der Waals surface area contributed by atoms with E-state index in [2.05, 4.69) is 51.9 Å². The van der Waals surface area contributed by atoms with Crippen LogP contribution in [0.25, 0.3) is 0 Å². The average molecular weight is 315 g/mol. The van der Waals surface area contributed by atoms with Gasteiger partial charge in [-0.2, -0.15) is 5.10 Å². The van der Waals surface area contributed by atoms with Crippen molar-refractivity contribution in [3.05, 3.63) is 41.7 Å².